The van der Waals surface area contributed by atoms with E-state index in [1.54, 1.807) is 13.8 Å². The van der Waals surface area contributed by atoms with Crippen molar-refractivity contribution >= 4 is 74.0 Å². The predicted octanol–water partition coefficient (Wildman–Crippen LogP) is 1.39. The maximum atomic E-state index is 13.7. The smallest absolute Gasteiger partial charge is 0.744 e. The van der Waals surface area contributed by atoms with E-state index in [0.717, 1.165) is 12.1 Å². The van der Waals surface area contributed by atoms with E-state index in [1.165, 1.54) is 24.3 Å². The molecule has 0 radical (unpaired) electrons. The first-order chi connectivity index (χ1) is 21.9. The SMILES string of the molecule is C=C(C)C(=O)CCCCNS(=O)(=O)c1cc(S(=O)(=O)NCCCCC(=O)C(=C)C)c2ccc3c(S(=O)(=O)[O-])cc(O)c4ccc1c2c43.[Na+]. The second-order valence-corrected chi connectivity index (χ2v) is 16.2. The average Bonchev–Trinajstić information content (AvgIpc) is 2.98. The number of unbranched alkanes of at least 4 members (excludes halogenated alkanes) is 2. The number of carbonyl (C=O) groups excluding carboxylic acids is 2. The van der Waals surface area contributed by atoms with Gasteiger partial charge in [0.2, 0.25) is 20.0 Å². The van der Waals surface area contributed by atoms with Crippen molar-refractivity contribution in [3.05, 3.63) is 60.7 Å². The molecule has 48 heavy (non-hydrogen) atoms. The van der Waals surface area contributed by atoms with Gasteiger partial charge in [-0.2, -0.15) is 0 Å². The van der Waals surface area contributed by atoms with E-state index in [-0.39, 0.29) is 99.4 Å². The van der Waals surface area contributed by atoms with Crippen LogP contribution in [0.2, 0.25) is 0 Å². The van der Waals surface area contributed by atoms with Gasteiger partial charge in [0.25, 0.3) is 0 Å². The van der Waals surface area contributed by atoms with E-state index in [2.05, 4.69) is 22.6 Å². The number of allylic oxidation sites excluding steroid dienone is 2. The minimum Gasteiger partial charge on any atom is -0.744 e. The summed E-state index contributed by atoms with van der Waals surface area (Å²) in [5.74, 6) is -0.858. The molecule has 4 rings (SSSR count). The van der Waals surface area contributed by atoms with Gasteiger partial charge >= 0.3 is 29.6 Å². The van der Waals surface area contributed by atoms with Crippen LogP contribution in [0.4, 0.5) is 0 Å². The molecule has 4 aromatic rings. The Morgan fingerprint density at radius 2 is 1.04 bits per heavy atom. The zero-order chi connectivity index (χ0) is 34.9. The molecule has 0 heterocycles. The summed E-state index contributed by atoms with van der Waals surface area (Å²) in [5, 5.41) is 10.7. The van der Waals surface area contributed by atoms with E-state index in [9.17, 15) is 44.5 Å². The molecule has 252 valence electrons. The summed E-state index contributed by atoms with van der Waals surface area (Å²) in [4.78, 5) is 22.1. The van der Waals surface area contributed by atoms with Gasteiger partial charge in [-0.15, -0.1) is 0 Å². The van der Waals surface area contributed by atoms with E-state index < -0.39 is 50.6 Å². The van der Waals surface area contributed by atoms with Crippen LogP contribution in [-0.4, -0.2) is 59.6 Å². The molecule has 0 unspecified atom stereocenters. The van der Waals surface area contributed by atoms with Gasteiger partial charge in [0, 0.05) is 58.2 Å². The second kappa shape index (κ2) is 15.4. The van der Waals surface area contributed by atoms with Crippen molar-refractivity contribution in [2.45, 2.75) is 67.1 Å². The number of sulfonamides is 2. The number of carbonyl (C=O) groups is 2. The maximum absolute atomic E-state index is 13.7. The summed E-state index contributed by atoms with van der Waals surface area (Å²) in [6.07, 6.45) is 1.70. The van der Waals surface area contributed by atoms with Crippen molar-refractivity contribution < 1.29 is 74.1 Å². The Morgan fingerprint density at radius 1 is 0.667 bits per heavy atom. The third kappa shape index (κ3) is 8.52. The van der Waals surface area contributed by atoms with Crippen molar-refractivity contribution in [3.8, 4) is 5.75 Å². The zero-order valence-corrected chi connectivity index (χ0v) is 31.3. The van der Waals surface area contributed by atoms with Gasteiger partial charge in [-0.1, -0.05) is 31.4 Å². The number of hydrogen-bond acceptors (Lipinski definition) is 10. The molecule has 0 aliphatic heterocycles. The van der Waals surface area contributed by atoms with Crippen LogP contribution >= 0.6 is 0 Å². The Balaban J connectivity index is 0.00000625. The minimum atomic E-state index is -5.12. The van der Waals surface area contributed by atoms with Gasteiger partial charge in [0.15, 0.2) is 11.6 Å². The van der Waals surface area contributed by atoms with Gasteiger partial charge in [-0.3, -0.25) is 9.59 Å². The van der Waals surface area contributed by atoms with Crippen LogP contribution in [0.25, 0.3) is 32.3 Å². The number of phenolic OH excluding ortho intramolecular Hbond substituents is 1. The number of hydrogen-bond donors (Lipinski definition) is 3. The van der Waals surface area contributed by atoms with Gasteiger partial charge in [-0.05, 0) is 68.9 Å². The first-order valence-corrected chi connectivity index (χ1v) is 19.0. The number of rotatable bonds is 17. The van der Waals surface area contributed by atoms with Crippen LogP contribution in [0.5, 0.6) is 5.75 Å². The van der Waals surface area contributed by atoms with E-state index >= 15 is 0 Å². The summed E-state index contributed by atoms with van der Waals surface area (Å²) in [5.41, 5.74) is 0.779. The molecule has 0 atom stereocenters. The molecule has 0 fully saturated rings. The number of ketones is 2. The number of phenols is 1. The van der Waals surface area contributed by atoms with Crippen molar-refractivity contribution in [1.82, 2.24) is 9.44 Å². The standard InChI is InChI=1S/C32H36N2O10S3.Na/c1-19(2)25(35)9-5-7-15-33-45(38,39)28-18-29(46(40,41)34-16-8-6-10-26(36)20(3)4)23-13-14-24-30(47(42,43)44)17-27(37)21-11-12-22(28)32(23)31(21)24;/h11-14,17-18,33-34,37H,1,3,5-10,15-16H2,2,4H3,(H,42,43,44);/q;+1/p-1. The number of Topliss-reactive ketones (excluding diaryl/α,β-unsaturated/α-hetero) is 2. The Labute approximate surface area is 302 Å². The Hall–Kier alpha value is -2.73. The quantitative estimate of drug-likeness (QED) is 0.0469. The van der Waals surface area contributed by atoms with Crippen LogP contribution in [0.1, 0.15) is 52.4 Å². The Kier molecular flexibility index (Phi) is 12.8. The third-order valence-electron chi connectivity index (χ3n) is 7.81. The molecule has 3 N–H and O–H groups in total. The summed E-state index contributed by atoms with van der Waals surface area (Å²) in [6.45, 7) is 10.2. The fraction of sp³-hybridized carbons (Fsp3) is 0.312. The molecule has 0 aliphatic carbocycles. The molecule has 16 heteroatoms. The largest absolute Gasteiger partial charge is 1.00 e. The number of benzene rings is 4. The summed E-state index contributed by atoms with van der Waals surface area (Å²) < 4.78 is 96.3. The van der Waals surface area contributed by atoms with Crippen LogP contribution < -0.4 is 39.0 Å². The molecular formula is C32H35N2NaO10S3. The number of nitrogens with one attached hydrogen (secondary N) is 2. The molecule has 4 aromatic carbocycles. The van der Waals surface area contributed by atoms with E-state index in [4.69, 9.17) is 0 Å². The van der Waals surface area contributed by atoms with Crippen LogP contribution in [0.15, 0.2) is 75.4 Å². The fourth-order valence-electron chi connectivity index (χ4n) is 5.35. The van der Waals surface area contributed by atoms with Gasteiger partial charge in [0.1, 0.15) is 15.9 Å². The molecule has 0 spiro atoms. The third-order valence-corrected chi connectivity index (χ3v) is 11.7. The molecule has 0 saturated carbocycles. The molecule has 0 aliphatic rings. The topological polar surface area (TPSA) is 204 Å². The first-order valence-electron chi connectivity index (χ1n) is 14.7. The van der Waals surface area contributed by atoms with Crippen molar-refractivity contribution in [2.75, 3.05) is 13.1 Å². The van der Waals surface area contributed by atoms with Crippen LogP contribution in [0.3, 0.4) is 0 Å². The average molecular weight is 727 g/mol. The summed E-state index contributed by atoms with van der Waals surface area (Å²) in [6, 6.07) is 7.08. The van der Waals surface area contributed by atoms with E-state index in [1.807, 2.05) is 0 Å². The minimum absolute atomic E-state index is 0. The Morgan fingerprint density at radius 3 is 1.44 bits per heavy atom. The molecular weight excluding hydrogens is 692 g/mol. The molecule has 0 saturated heterocycles. The van der Waals surface area contributed by atoms with Crippen molar-refractivity contribution in [2.24, 2.45) is 0 Å². The fourth-order valence-corrected chi connectivity index (χ4v) is 8.72. The zero-order valence-electron chi connectivity index (χ0n) is 26.9. The normalized spacial score (nSPS) is 12.4. The van der Waals surface area contributed by atoms with Crippen molar-refractivity contribution in [1.29, 1.82) is 0 Å². The van der Waals surface area contributed by atoms with Crippen LogP contribution in [-0.2, 0) is 39.8 Å². The molecule has 12 nitrogen and oxygen atoms in total. The molecule has 0 bridgehead atoms. The summed E-state index contributed by atoms with van der Waals surface area (Å²) in [7, 11) is -13.9. The summed E-state index contributed by atoms with van der Waals surface area (Å²) >= 11 is 0. The van der Waals surface area contributed by atoms with Crippen molar-refractivity contribution in [3.63, 3.8) is 0 Å². The predicted molar refractivity (Wildman–Crippen MR) is 177 cm³/mol. The first kappa shape index (κ1) is 39.7. The van der Waals surface area contributed by atoms with Gasteiger partial charge < -0.3 is 9.66 Å². The van der Waals surface area contributed by atoms with Crippen LogP contribution in [0, 0.1) is 0 Å². The molecule has 0 aromatic heterocycles. The maximum Gasteiger partial charge on any atom is 1.00 e. The van der Waals surface area contributed by atoms with Gasteiger partial charge in [-0.25, -0.2) is 34.7 Å². The second-order valence-electron chi connectivity index (χ2n) is 11.4. The Bertz CT molecular complexity index is 2180. The monoisotopic (exact) mass is 726 g/mol. The van der Waals surface area contributed by atoms with Gasteiger partial charge in [0.05, 0.1) is 14.7 Å². The van der Waals surface area contributed by atoms with E-state index in [0.29, 0.717) is 36.8 Å². The molecule has 0 amide bonds. The number of aromatic hydroxyl groups is 1.